The highest BCUT2D eigenvalue weighted by molar-refractivity contribution is 6.21. The first kappa shape index (κ1) is 78.1. The second-order valence-corrected chi connectivity index (χ2v) is 23.3. The van der Waals surface area contributed by atoms with E-state index in [0.717, 1.165) is 33.0 Å². The van der Waals surface area contributed by atoms with E-state index in [-0.39, 0.29) is 55.7 Å². The number of nitrogens with zero attached hydrogens (tertiary/aromatic N) is 3. The van der Waals surface area contributed by atoms with Gasteiger partial charge in [0.05, 0.1) is 82.2 Å². The van der Waals surface area contributed by atoms with E-state index in [2.05, 4.69) is 10.6 Å². The minimum Gasteiger partial charge on any atom is -0.441 e. The third-order valence-corrected chi connectivity index (χ3v) is 13.6. The van der Waals surface area contributed by atoms with Crippen molar-refractivity contribution in [3.63, 3.8) is 0 Å². The molecule has 87 heavy (non-hydrogen) atoms. The van der Waals surface area contributed by atoms with Crippen molar-refractivity contribution in [1.82, 2.24) is 15.1 Å². The summed E-state index contributed by atoms with van der Waals surface area (Å²) in [5.74, 6) is 0. The second kappa shape index (κ2) is 39.1. The third-order valence-electron chi connectivity index (χ3n) is 13.0. The van der Waals surface area contributed by atoms with Crippen LogP contribution in [0, 0.1) is 20.2 Å². The SMILES string of the molecule is CC(C)(C(O)COCc1ccccc1)[N+](=O)[O-].CC(C)(N)C(O)COCc1ccccc1.CC(C)[N+](=O)[O-].CC1(C)C(CO)OC(=O)N1Cl.CC1(C)NC(=O)OC1CO.CC1(C)NC(=O)OC1COCc1ccccc1.O=CCOCc1ccccc1. The molecule has 3 aliphatic heterocycles. The molecule has 3 aliphatic rings. The number of hydrogen-bond acceptors (Lipinski definition) is 20. The number of cyclic esters (lactones) is 3. The van der Waals surface area contributed by atoms with Gasteiger partial charge in [-0.2, -0.15) is 0 Å². The van der Waals surface area contributed by atoms with Gasteiger partial charge in [0, 0.05) is 54.9 Å². The number of aliphatic hydroxyl groups is 4. The van der Waals surface area contributed by atoms with Gasteiger partial charge in [0.25, 0.3) is 0 Å². The largest absolute Gasteiger partial charge is 0.441 e. The Morgan fingerprint density at radius 3 is 1.23 bits per heavy atom. The fourth-order valence-corrected chi connectivity index (χ4v) is 6.81. The van der Waals surface area contributed by atoms with Crippen LogP contribution >= 0.6 is 11.8 Å². The number of nitrogens with one attached hydrogen (secondary N) is 2. The first-order chi connectivity index (χ1) is 40.7. The van der Waals surface area contributed by atoms with Crippen LogP contribution in [0.5, 0.6) is 0 Å². The Morgan fingerprint density at radius 2 is 0.966 bits per heavy atom. The lowest BCUT2D eigenvalue weighted by atomic mass is 9.99. The number of alkyl carbamates (subject to hydrolysis) is 2. The Labute approximate surface area is 515 Å². The monoisotopic (exact) mass is 1250 g/mol. The van der Waals surface area contributed by atoms with E-state index in [1.54, 1.807) is 55.4 Å². The summed E-state index contributed by atoms with van der Waals surface area (Å²) in [5, 5.41) is 62.3. The maximum atomic E-state index is 11.1. The Bertz CT molecular complexity index is 2600. The molecule has 25 nitrogen and oxygen atoms in total. The summed E-state index contributed by atoms with van der Waals surface area (Å²) in [6.45, 7) is 22.7. The molecule has 0 radical (unpaired) electrons. The van der Waals surface area contributed by atoms with Gasteiger partial charge in [0.15, 0.2) is 6.10 Å². The van der Waals surface area contributed by atoms with Crippen molar-refractivity contribution in [3.8, 4) is 0 Å². The van der Waals surface area contributed by atoms with Gasteiger partial charge in [0.1, 0.15) is 31.2 Å². The second-order valence-electron chi connectivity index (χ2n) is 23.0. The van der Waals surface area contributed by atoms with E-state index in [4.69, 9.17) is 60.9 Å². The maximum absolute atomic E-state index is 11.1. The number of halogens is 1. The number of carbonyl (C=O) groups is 4. The number of benzene rings is 4. The van der Waals surface area contributed by atoms with Crippen LogP contribution in [0.4, 0.5) is 14.4 Å². The van der Waals surface area contributed by atoms with Crippen LogP contribution in [-0.4, -0.2) is 163 Å². The van der Waals surface area contributed by atoms with Gasteiger partial charge in [-0.1, -0.05) is 121 Å². The number of carbonyl (C=O) groups excluding carboxylic acids is 4. The average Bonchev–Trinajstić information content (AvgIpc) is 2.15. The molecule has 26 heteroatoms. The highest BCUT2D eigenvalue weighted by Crippen LogP contribution is 2.31. The summed E-state index contributed by atoms with van der Waals surface area (Å²) in [4.78, 5) is 61.7. The zero-order valence-electron chi connectivity index (χ0n) is 51.9. The topological polar surface area (TPSA) is 353 Å². The number of rotatable bonds is 22. The molecule has 0 aliphatic carbocycles. The lowest BCUT2D eigenvalue weighted by molar-refractivity contribution is -0.574. The van der Waals surface area contributed by atoms with Gasteiger partial charge in [-0.05, 0) is 77.6 Å². The molecule has 0 spiro atoms. The lowest BCUT2D eigenvalue weighted by Crippen LogP contribution is -2.47. The molecular formula is C61H91ClN6O19. The number of nitro groups is 2. The van der Waals surface area contributed by atoms with E-state index in [0.29, 0.717) is 33.0 Å². The molecular weight excluding hydrogens is 1160 g/mol. The first-order valence-corrected chi connectivity index (χ1v) is 28.2. The van der Waals surface area contributed by atoms with E-state index in [1.807, 2.05) is 135 Å². The number of ether oxygens (including phenoxy) is 7. The number of amides is 3. The van der Waals surface area contributed by atoms with Crippen molar-refractivity contribution < 1.29 is 82.6 Å². The molecule has 3 saturated heterocycles. The highest BCUT2D eigenvalue weighted by atomic mass is 35.5. The number of aliphatic hydroxyl groups excluding tert-OH is 4. The predicted octanol–water partition coefficient (Wildman–Crippen LogP) is 7.68. The van der Waals surface area contributed by atoms with Crippen molar-refractivity contribution in [3.05, 3.63) is 164 Å². The van der Waals surface area contributed by atoms with Crippen LogP contribution < -0.4 is 16.4 Å². The molecule has 3 amide bonds. The molecule has 7 rings (SSSR count). The third kappa shape index (κ3) is 30.5. The summed E-state index contributed by atoms with van der Waals surface area (Å²) >= 11 is 5.58. The van der Waals surface area contributed by atoms with Gasteiger partial charge < -0.3 is 74.7 Å². The normalized spacial score (nSPS) is 18.2. The smallest absolute Gasteiger partial charge is 0.425 e. The van der Waals surface area contributed by atoms with E-state index in [9.17, 15) is 49.6 Å². The number of hydrogen-bond donors (Lipinski definition) is 7. The molecule has 4 aromatic rings. The van der Waals surface area contributed by atoms with Crippen LogP contribution in [0.3, 0.4) is 0 Å². The summed E-state index contributed by atoms with van der Waals surface area (Å²) in [7, 11) is 0. The minimum atomic E-state index is -1.39. The Hall–Kier alpha value is -6.91. The van der Waals surface area contributed by atoms with Gasteiger partial charge >= 0.3 is 18.3 Å². The van der Waals surface area contributed by atoms with Crippen LogP contribution in [0.1, 0.15) is 105 Å². The van der Waals surface area contributed by atoms with Crippen molar-refractivity contribution in [1.29, 1.82) is 0 Å². The Balaban J connectivity index is 0.000000517. The summed E-state index contributed by atoms with van der Waals surface area (Å²) in [6, 6.07) is 38.6. The van der Waals surface area contributed by atoms with Gasteiger partial charge in [-0.15, -0.1) is 0 Å². The van der Waals surface area contributed by atoms with E-state index < -0.39 is 69.7 Å². The van der Waals surface area contributed by atoms with Gasteiger partial charge in [0.2, 0.25) is 11.6 Å². The highest BCUT2D eigenvalue weighted by Gasteiger charge is 2.48. The quantitative estimate of drug-likeness (QED) is 0.00990. The number of nitrogens with two attached hydrogens (primary N) is 1. The molecule has 3 heterocycles. The van der Waals surface area contributed by atoms with Crippen LogP contribution in [0.25, 0.3) is 0 Å². The molecule has 0 aromatic heterocycles. The van der Waals surface area contributed by atoms with Crippen LogP contribution in [0.2, 0.25) is 0 Å². The predicted molar refractivity (Wildman–Crippen MR) is 325 cm³/mol. The van der Waals surface area contributed by atoms with Crippen LogP contribution in [-0.2, 0) is 64.4 Å². The van der Waals surface area contributed by atoms with Crippen molar-refractivity contribution in [2.45, 2.75) is 174 Å². The summed E-state index contributed by atoms with van der Waals surface area (Å²) in [6.07, 6.45) is -3.63. The molecule has 486 valence electrons. The zero-order valence-corrected chi connectivity index (χ0v) is 52.6. The summed E-state index contributed by atoms with van der Waals surface area (Å²) < 4.78 is 36.8. The lowest BCUT2D eigenvalue weighted by Gasteiger charge is -2.25. The molecule has 0 bridgehead atoms. The zero-order chi connectivity index (χ0) is 66.0. The molecule has 8 N–H and O–H groups in total. The summed E-state index contributed by atoms with van der Waals surface area (Å²) in [5.41, 5.74) is 6.56. The molecule has 5 atom stereocenters. The Kier molecular flexibility index (Phi) is 35.1. The van der Waals surface area contributed by atoms with E-state index >= 15 is 0 Å². The first-order valence-electron chi connectivity index (χ1n) is 27.8. The Morgan fingerprint density at radius 1 is 0.621 bits per heavy atom. The minimum absolute atomic E-state index is 0.0527. The molecule has 0 saturated carbocycles. The average molecular weight is 1250 g/mol. The molecule has 3 fully saturated rings. The van der Waals surface area contributed by atoms with Gasteiger partial charge in [-0.3, -0.25) is 20.2 Å². The van der Waals surface area contributed by atoms with Crippen LogP contribution in [0.15, 0.2) is 121 Å². The fourth-order valence-electron chi connectivity index (χ4n) is 6.66. The maximum Gasteiger partial charge on any atom is 0.425 e. The van der Waals surface area contributed by atoms with Gasteiger partial charge in [-0.25, -0.2) is 18.8 Å². The molecule has 4 aromatic carbocycles. The van der Waals surface area contributed by atoms with E-state index in [1.165, 1.54) is 13.8 Å². The number of aldehydes is 1. The fraction of sp³-hybridized carbons (Fsp3) is 0.541. The molecule has 5 unspecified atom stereocenters. The standard InChI is InChI=1S/C13H17NO3.C12H17NO4.C12H19NO2.C9H10O2.C6H10ClNO3.C6H11NO3.C3H7NO2/c1-13(2)11(17-12(15)14-13)9-16-8-10-6-4-3-5-7-10;1-12(2,13(15)16)11(14)9-17-8-10-6-4-3-5-7-10;1-12(2,13)11(14)9-15-8-10-6-4-3-5-7-10;10-6-7-11-8-9-4-2-1-3-5-9;1-6(2)4(3-9)11-5(10)8(6)7;1-6(2)4(3-8)10-5(9)7-6;1-3(2)4(5)6/h3-7,11H,8-9H2,1-2H3,(H,14,15);3-7,11,14H,8-9H2,1-2H3;3-7,11,14H,8-9,13H2,1-2H3;1-6H,7-8H2;4,9H,3H2,1-2H3;4,8H,3H2,1-2H3,(H,7,9);3H,1-2H3. The van der Waals surface area contributed by atoms with Crippen molar-refractivity contribution >= 4 is 36.3 Å². The van der Waals surface area contributed by atoms with Crippen molar-refractivity contribution in [2.75, 3.05) is 39.6 Å². The van der Waals surface area contributed by atoms with Crippen molar-refractivity contribution in [2.24, 2.45) is 5.73 Å².